The molecule has 0 radical (unpaired) electrons. The molecule has 0 aliphatic carbocycles. The number of carbonyl (C=O) groups excluding carboxylic acids is 3. The average molecular weight is 571 g/mol. The van der Waals surface area contributed by atoms with Crippen molar-refractivity contribution < 1.29 is 14.4 Å². The standard InChI is InChI=1S/C32H50N4O3S/c1-3-10-30(27-39)33(2)25-31-28(26-38)11-9-12-32(31)40-24-8-4-5-15-35-19-21-36(22-20-35)29-13-17-34(18-14-29)16-6-7-23-37/h6-7,9,11-12,23,26-27,29-30H,3-5,8,10,13-22,24-25H2,1-2H3/b7-6+. The van der Waals surface area contributed by atoms with Crippen LogP contribution in [0.15, 0.2) is 35.2 Å². The van der Waals surface area contributed by atoms with Gasteiger partial charge in [-0.2, -0.15) is 0 Å². The van der Waals surface area contributed by atoms with E-state index in [1.807, 2.05) is 37.0 Å². The van der Waals surface area contributed by atoms with E-state index in [4.69, 9.17) is 0 Å². The van der Waals surface area contributed by atoms with E-state index in [-0.39, 0.29) is 6.04 Å². The number of hydrogen-bond acceptors (Lipinski definition) is 8. The van der Waals surface area contributed by atoms with Crippen LogP contribution in [0.2, 0.25) is 0 Å². The van der Waals surface area contributed by atoms with Gasteiger partial charge in [-0.05, 0) is 82.2 Å². The van der Waals surface area contributed by atoms with Gasteiger partial charge in [-0.1, -0.05) is 38.0 Å². The maximum Gasteiger partial charge on any atom is 0.150 e. The number of likely N-dealkylation sites (tertiary alicyclic amines) is 1. The molecule has 2 aliphatic heterocycles. The molecule has 0 saturated carbocycles. The summed E-state index contributed by atoms with van der Waals surface area (Å²) < 4.78 is 0. The Kier molecular flexibility index (Phi) is 15.2. The summed E-state index contributed by atoms with van der Waals surface area (Å²) in [5, 5.41) is 0. The number of benzene rings is 1. The Hall–Kier alpha value is -1.84. The van der Waals surface area contributed by atoms with E-state index in [1.54, 1.807) is 6.08 Å². The van der Waals surface area contributed by atoms with Gasteiger partial charge in [0.15, 0.2) is 0 Å². The predicted octanol–water partition coefficient (Wildman–Crippen LogP) is 4.40. The molecule has 1 unspecified atom stereocenters. The molecule has 0 aromatic heterocycles. The molecule has 1 aromatic carbocycles. The maximum atomic E-state index is 11.7. The second-order valence-electron chi connectivity index (χ2n) is 11.2. The van der Waals surface area contributed by atoms with Gasteiger partial charge in [0.25, 0.3) is 0 Å². The smallest absolute Gasteiger partial charge is 0.150 e. The minimum absolute atomic E-state index is 0.111. The molecular formula is C32H50N4O3S. The van der Waals surface area contributed by atoms with Gasteiger partial charge in [0.05, 0.1) is 6.04 Å². The molecule has 40 heavy (non-hydrogen) atoms. The van der Waals surface area contributed by atoms with E-state index in [1.165, 1.54) is 64.8 Å². The molecule has 2 heterocycles. The first kappa shape index (κ1) is 32.7. The molecule has 0 bridgehead atoms. The van der Waals surface area contributed by atoms with Crippen molar-refractivity contribution in [1.29, 1.82) is 0 Å². The van der Waals surface area contributed by atoms with Crippen molar-refractivity contribution in [3.05, 3.63) is 41.5 Å². The highest BCUT2D eigenvalue weighted by atomic mass is 32.2. The summed E-state index contributed by atoms with van der Waals surface area (Å²) in [5.74, 6) is 1.04. The molecule has 0 N–H and O–H groups in total. The van der Waals surface area contributed by atoms with Crippen molar-refractivity contribution in [2.75, 3.05) is 65.2 Å². The summed E-state index contributed by atoms with van der Waals surface area (Å²) in [4.78, 5) is 44.8. The van der Waals surface area contributed by atoms with Crippen LogP contribution in [-0.2, 0) is 16.1 Å². The summed E-state index contributed by atoms with van der Waals surface area (Å²) in [7, 11) is 1.98. The average Bonchev–Trinajstić information content (AvgIpc) is 2.99. The number of carbonyl (C=O) groups is 3. The first-order valence-corrected chi connectivity index (χ1v) is 16.2. The van der Waals surface area contributed by atoms with Crippen LogP contribution < -0.4 is 0 Å². The zero-order valence-electron chi connectivity index (χ0n) is 24.7. The van der Waals surface area contributed by atoms with Crippen molar-refractivity contribution in [3.8, 4) is 0 Å². The van der Waals surface area contributed by atoms with Crippen molar-refractivity contribution in [2.45, 2.75) is 75.4 Å². The molecule has 222 valence electrons. The summed E-state index contributed by atoms with van der Waals surface area (Å²) >= 11 is 1.84. The number of likely N-dealkylation sites (N-methyl/N-ethyl adjacent to an activating group) is 1. The lowest BCUT2D eigenvalue weighted by atomic mass is 10.0. The number of allylic oxidation sites excluding steroid dienone is 1. The first-order chi connectivity index (χ1) is 19.6. The zero-order chi connectivity index (χ0) is 28.6. The van der Waals surface area contributed by atoms with Gasteiger partial charge in [-0.3, -0.25) is 24.3 Å². The monoisotopic (exact) mass is 570 g/mol. The number of rotatable bonds is 18. The second kappa shape index (κ2) is 18.6. The fraction of sp³-hybridized carbons (Fsp3) is 0.656. The number of piperazine rings is 1. The largest absolute Gasteiger partial charge is 0.302 e. The Morgan fingerprint density at radius 3 is 2.45 bits per heavy atom. The van der Waals surface area contributed by atoms with E-state index < -0.39 is 0 Å². The Morgan fingerprint density at radius 2 is 1.77 bits per heavy atom. The second-order valence-corrected chi connectivity index (χ2v) is 12.4. The van der Waals surface area contributed by atoms with E-state index >= 15 is 0 Å². The lowest BCUT2D eigenvalue weighted by Crippen LogP contribution is -2.53. The number of hydrogen-bond donors (Lipinski definition) is 0. The van der Waals surface area contributed by atoms with Gasteiger partial charge in [-0.25, -0.2) is 0 Å². The third kappa shape index (κ3) is 10.5. The Morgan fingerprint density at radius 1 is 1.00 bits per heavy atom. The topological polar surface area (TPSA) is 64.2 Å². The number of aldehydes is 3. The fourth-order valence-electron chi connectivity index (χ4n) is 5.93. The molecule has 7 nitrogen and oxygen atoms in total. The summed E-state index contributed by atoms with van der Waals surface area (Å²) in [6.07, 6.45) is 14.3. The molecule has 0 amide bonds. The van der Waals surface area contributed by atoms with Crippen molar-refractivity contribution in [2.24, 2.45) is 0 Å². The Labute approximate surface area is 246 Å². The van der Waals surface area contributed by atoms with E-state index in [2.05, 4.69) is 32.6 Å². The highest BCUT2D eigenvalue weighted by Crippen LogP contribution is 2.28. The summed E-state index contributed by atoms with van der Waals surface area (Å²) in [5.41, 5.74) is 1.78. The van der Waals surface area contributed by atoms with E-state index in [0.717, 1.165) is 73.1 Å². The third-order valence-electron chi connectivity index (χ3n) is 8.45. The summed E-state index contributed by atoms with van der Waals surface area (Å²) in [6, 6.07) is 6.57. The van der Waals surface area contributed by atoms with Crippen molar-refractivity contribution >= 4 is 30.6 Å². The first-order valence-electron chi connectivity index (χ1n) is 15.2. The van der Waals surface area contributed by atoms with Crippen LogP contribution in [0.4, 0.5) is 0 Å². The fourth-order valence-corrected chi connectivity index (χ4v) is 7.03. The van der Waals surface area contributed by atoms with Crippen LogP contribution in [-0.4, -0.2) is 116 Å². The molecular weight excluding hydrogens is 520 g/mol. The maximum absolute atomic E-state index is 11.7. The minimum atomic E-state index is -0.111. The number of unbranched alkanes of at least 4 members (excludes halogenated alkanes) is 2. The number of piperidine rings is 1. The van der Waals surface area contributed by atoms with Crippen molar-refractivity contribution in [1.82, 2.24) is 19.6 Å². The molecule has 2 aliphatic rings. The van der Waals surface area contributed by atoms with Crippen LogP contribution >= 0.6 is 11.8 Å². The van der Waals surface area contributed by atoms with E-state index in [9.17, 15) is 14.4 Å². The van der Waals surface area contributed by atoms with Gasteiger partial charge in [0.1, 0.15) is 18.9 Å². The molecule has 2 fully saturated rings. The normalized spacial score (nSPS) is 18.9. The van der Waals surface area contributed by atoms with Crippen LogP contribution in [0.1, 0.15) is 67.8 Å². The van der Waals surface area contributed by atoms with Gasteiger partial charge in [0, 0.05) is 55.8 Å². The predicted molar refractivity (Wildman–Crippen MR) is 165 cm³/mol. The Bertz CT molecular complexity index is 927. The highest BCUT2D eigenvalue weighted by Gasteiger charge is 2.27. The Balaban J connectivity index is 1.32. The van der Waals surface area contributed by atoms with Gasteiger partial charge < -0.3 is 9.69 Å². The van der Waals surface area contributed by atoms with Gasteiger partial charge in [0.2, 0.25) is 0 Å². The van der Waals surface area contributed by atoms with Crippen LogP contribution in [0, 0.1) is 0 Å². The zero-order valence-corrected chi connectivity index (χ0v) is 25.5. The third-order valence-corrected chi connectivity index (χ3v) is 9.63. The van der Waals surface area contributed by atoms with E-state index in [0.29, 0.717) is 12.6 Å². The number of thioether (sulfide) groups is 1. The van der Waals surface area contributed by atoms with Crippen LogP contribution in [0.5, 0.6) is 0 Å². The molecule has 3 rings (SSSR count). The van der Waals surface area contributed by atoms with Crippen LogP contribution in [0.25, 0.3) is 0 Å². The lowest BCUT2D eigenvalue weighted by molar-refractivity contribution is -0.112. The van der Waals surface area contributed by atoms with Gasteiger partial charge in [-0.15, -0.1) is 11.8 Å². The summed E-state index contributed by atoms with van der Waals surface area (Å²) in [6.45, 7) is 11.7. The molecule has 1 aromatic rings. The number of nitrogens with zero attached hydrogens (tertiary/aromatic N) is 4. The quantitative estimate of drug-likeness (QED) is 0.111. The molecule has 0 spiro atoms. The highest BCUT2D eigenvalue weighted by molar-refractivity contribution is 7.99. The SMILES string of the molecule is CCCC(C=O)N(C)Cc1c(C=O)cccc1SCCCCCN1CCN(C2CCN(C/C=C/C=O)CC2)CC1. The molecule has 2 saturated heterocycles. The van der Waals surface area contributed by atoms with Crippen molar-refractivity contribution in [3.63, 3.8) is 0 Å². The minimum Gasteiger partial charge on any atom is -0.302 e. The molecule has 8 heteroatoms. The van der Waals surface area contributed by atoms with Gasteiger partial charge >= 0.3 is 0 Å². The van der Waals surface area contributed by atoms with Crippen LogP contribution in [0.3, 0.4) is 0 Å². The molecule has 1 atom stereocenters. The lowest BCUT2D eigenvalue weighted by Gasteiger charge is -2.42.